The van der Waals surface area contributed by atoms with Crippen molar-refractivity contribution in [1.82, 2.24) is 4.90 Å². The van der Waals surface area contributed by atoms with Crippen molar-refractivity contribution in [2.24, 2.45) is 5.73 Å². The number of hydrogen-bond acceptors (Lipinski definition) is 4. The first-order valence-corrected chi connectivity index (χ1v) is 6.94. The van der Waals surface area contributed by atoms with Crippen LogP contribution in [-0.4, -0.2) is 32.2 Å². The van der Waals surface area contributed by atoms with Crippen molar-refractivity contribution in [2.75, 3.05) is 27.3 Å². The van der Waals surface area contributed by atoms with E-state index in [-0.39, 0.29) is 6.04 Å². The van der Waals surface area contributed by atoms with Gasteiger partial charge >= 0.3 is 0 Å². The van der Waals surface area contributed by atoms with Crippen molar-refractivity contribution in [2.45, 2.75) is 32.4 Å². The quantitative estimate of drug-likeness (QED) is 0.856. The summed E-state index contributed by atoms with van der Waals surface area (Å²) in [6.45, 7) is 4.85. The van der Waals surface area contributed by atoms with Gasteiger partial charge in [0.1, 0.15) is 11.5 Å². The molecule has 4 heteroatoms. The molecule has 19 heavy (non-hydrogen) atoms. The van der Waals surface area contributed by atoms with E-state index < -0.39 is 0 Å². The van der Waals surface area contributed by atoms with Gasteiger partial charge < -0.3 is 15.2 Å². The van der Waals surface area contributed by atoms with Crippen molar-refractivity contribution >= 4 is 0 Å². The van der Waals surface area contributed by atoms with E-state index in [2.05, 4.69) is 17.9 Å². The van der Waals surface area contributed by atoms with Crippen LogP contribution in [0, 0.1) is 0 Å². The molecule has 1 heterocycles. The van der Waals surface area contributed by atoms with Gasteiger partial charge in [-0.1, -0.05) is 13.3 Å². The van der Waals surface area contributed by atoms with E-state index in [1.165, 1.54) is 24.0 Å². The van der Waals surface area contributed by atoms with Crippen molar-refractivity contribution in [3.8, 4) is 11.5 Å². The maximum Gasteiger partial charge on any atom is 0.127 e. The van der Waals surface area contributed by atoms with E-state index >= 15 is 0 Å². The highest BCUT2D eigenvalue weighted by molar-refractivity contribution is 5.50. The third-order valence-corrected chi connectivity index (χ3v) is 3.83. The Kier molecular flexibility index (Phi) is 4.66. The summed E-state index contributed by atoms with van der Waals surface area (Å²) >= 11 is 0. The first-order valence-electron chi connectivity index (χ1n) is 6.94. The summed E-state index contributed by atoms with van der Waals surface area (Å²) in [5, 5.41) is 0. The second kappa shape index (κ2) is 6.26. The molecular formula is C15H24N2O2. The fraction of sp³-hybridized carbons (Fsp3) is 0.600. The van der Waals surface area contributed by atoms with Crippen LogP contribution in [0.1, 0.15) is 36.9 Å². The summed E-state index contributed by atoms with van der Waals surface area (Å²) in [6, 6.07) is 4.32. The Balaban J connectivity index is 2.33. The van der Waals surface area contributed by atoms with Gasteiger partial charge in [0.2, 0.25) is 0 Å². The summed E-state index contributed by atoms with van der Waals surface area (Å²) in [5.41, 5.74) is 8.49. The van der Waals surface area contributed by atoms with Crippen LogP contribution >= 0.6 is 0 Å². The van der Waals surface area contributed by atoms with Gasteiger partial charge in [-0.2, -0.15) is 0 Å². The number of nitrogens with zero attached hydrogens (tertiary/aromatic N) is 1. The molecule has 1 aromatic carbocycles. The van der Waals surface area contributed by atoms with Gasteiger partial charge in [-0.15, -0.1) is 0 Å². The highest BCUT2D eigenvalue weighted by atomic mass is 16.5. The highest BCUT2D eigenvalue weighted by Crippen LogP contribution is 2.41. The second-order valence-corrected chi connectivity index (χ2v) is 4.98. The topological polar surface area (TPSA) is 47.7 Å². The molecule has 0 aliphatic carbocycles. The summed E-state index contributed by atoms with van der Waals surface area (Å²) in [5.74, 6) is 1.74. The van der Waals surface area contributed by atoms with Gasteiger partial charge in [-0.25, -0.2) is 0 Å². The molecule has 1 unspecified atom stereocenters. The summed E-state index contributed by atoms with van der Waals surface area (Å²) in [4.78, 5) is 2.44. The van der Waals surface area contributed by atoms with Crippen LogP contribution in [0.3, 0.4) is 0 Å². The van der Waals surface area contributed by atoms with E-state index in [1.807, 2.05) is 6.07 Å². The summed E-state index contributed by atoms with van der Waals surface area (Å²) in [6.07, 6.45) is 2.40. The fourth-order valence-corrected chi connectivity index (χ4v) is 2.83. The molecule has 0 radical (unpaired) electrons. The predicted octanol–water partition coefficient (Wildman–Crippen LogP) is 2.32. The van der Waals surface area contributed by atoms with Crippen molar-refractivity contribution in [3.05, 3.63) is 23.3 Å². The van der Waals surface area contributed by atoms with Crippen LogP contribution in [0.4, 0.5) is 0 Å². The first kappa shape index (κ1) is 14.2. The Morgan fingerprint density at radius 2 is 2.11 bits per heavy atom. The largest absolute Gasteiger partial charge is 0.497 e. The highest BCUT2D eigenvalue weighted by Gasteiger charge is 2.32. The van der Waals surface area contributed by atoms with Crippen LogP contribution in [0.5, 0.6) is 11.5 Å². The van der Waals surface area contributed by atoms with Gasteiger partial charge in [0, 0.05) is 24.7 Å². The molecule has 4 nitrogen and oxygen atoms in total. The number of fused-ring (bicyclic) bond motifs is 1. The van der Waals surface area contributed by atoms with E-state index in [4.69, 9.17) is 15.2 Å². The number of nitrogens with two attached hydrogens (primary N) is 1. The molecule has 106 valence electrons. The van der Waals surface area contributed by atoms with Gasteiger partial charge in [0.15, 0.2) is 0 Å². The van der Waals surface area contributed by atoms with E-state index in [9.17, 15) is 0 Å². The lowest BCUT2D eigenvalue weighted by Gasteiger charge is -2.24. The average Bonchev–Trinajstić information content (AvgIpc) is 2.81. The Morgan fingerprint density at radius 3 is 2.68 bits per heavy atom. The van der Waals surface area contributed by atoms with Crippen molar-refractivity contribution in [1.29, 1.82) is 0 Å². The lowest BCUT2D eigenvalue weighted by atomic mass is 10.0. The second-order valence-electron chi connectivity index (χ2n) is 4.98. The molecule has 0 bridgehead atoms. The molecule has 1 atom stereocenters. The Morgan fingerprint density at radius 1 is 1.32 bits per heavy atom. The Bertz CT molecular complexity index is 434. The van der Waals surface area contributed by atoms with Crippen LogP contribution < -0.4 is 15.2 Å². The van der Waals surface area contributed by atoms with Crippen LogP contribution in [-0.2, 0) is 6.54 Å². The number of benzene rings is 1. The number of hydrogen-bond donors (Lipinski definition) is 1. The van der Waals surface area contributed by atoms with Gasteiger partial charge in [-0.05, 0) is 24.6 Å². The number of rotatable bonds is 6. The van der Waals surface area contributed by atoms with Gasteiger partial charge in [0.25, 0.3) is 0 Å². The van der Waals surface area contributed by atoms with Crippen LogP contribution in [0.25, 0.3) is 0 Å². The monoisotopic (exact) mass is 264 g/mol. The minimum absolute atomic E-state index is 0.266. The molecule has 0 saturated carbocycles. The lowest BCUT2D eigenvalue weighted by Crippen LogP contribution is -2.28. The van der Waals surface area contributed by atoms with E-state index in [1.54, 1.807) is 14.2 Å². The normalized spacial score (nSPS) is 18.4. The molecule has 0 fully saturated rings. The molecule has 0 spiro atoms. The fourth-order valence-electron chi connectivity index (χ4n) is 2.83. The van der Waals surface area contributed by atoms with Crippen LogP contribution in [0.15, 0.2) is 12.1 Å². The smallest absolute Gasteiger partial charge is 0.127 e. The van der Waals surface area contributed by atoms with Gasteiger partial charge in [0.05, 0.1) is 20.3 Å². The third-order valence-electron chi connectivity index (χ3n) is 3.83. The Hall–Kier alpha value is -1.26. The van der Waals surface area contributed by atoms with Crippen molar-refractivity contribution in [3.63, 3.8) is 0 Å². The van der Waals surface area contributed by atoms with E-state index in [0.29, 0.717) is 6.54 Å². The van der Waals surface area contributed by atoms with Crippen molar-refractivity contribution < 1.29 is 9.47 Å². The average molecular weight is 264 g/mol. The molecule has 0 saturated heterocycles. The van der Waals surface area contributed by atoms with E-state index in [0.717, 1.165) is 24.6 Å². The minimum Gasteiger partial charge on any atom is -0.497 e. The standard InChI is InChI=1S/C15H24N2O2/c1-4-5-6-17-10-11-7-12(18-2)8-14(19-3)15(11)13(17)9-16/h7-8,13H,4-6,9-10,16H2,1-3H3. The number of ether oxygens (including phenoxy) is 2. The zero-order chi connectivity index (χ0) is 13.8. The molecular weight excluding hydrogens is 240 g/mol. The summed E-state index contributed by atoms with van der Waals surface area (Å²) < 4.78 is 10.9. The molecule has 0 amide bonds. The van der Waals surface area contributed by atoms with Crippen LogP contribution in [0.2, 0.25) is 0 Å². The van der Waals surface area contributed by atoms with Gasteiger partial charge in [-0.3, -0.25) is 4.90 Å². The minimum atomic E-state index is 0.266. The molecule has 1 aromatic rings. The number of unbranched alkanes of at least 4 members (excludes halogenated alkanes) is 1. The molecule has 2 rings (SSSR count). The maximum atomic E-state index is 5.98. The molecule has 0 aromatic heterocycles. The SMILES string of the molecule is CCCCN1Cc2cc(OC)cc(OC)c2C1CN. The predicted molar refractivity (Wildman–Crippen MR) is 76.7 cm³/mol. The molecule has 1 aliphatic rings. The zero-order valence-corrected chi connectivity index (χ0v) is 12.1. The maximum absolute atomic E-state index is 5.98. The lowest BCUT2D eigenvalue weighted by molar-refractivity contribution is 0.214. The summed E-state index contributed by atoms with van der Waals surface area (Å²) in [7, 11) is 3.39. The first-order chi connectivity index (χ1) is 9.24. The third kappa shape index (κ3) is 2.69. The Labute approximate surface area is 115 Å². The molecule has 1 aliphatic heterocycles. The zero-order valence-electron chi connectivity index (χ0n) is 12.1. The number of methoxy groups -OCH3 is 2. The molecule has 2 N–H and O–H groups in total.